The molecule has 0 unspecified atom stereocenters. The van der Waals surface area contributed by atoms with Gasteiger partial charge >= 0.3 is 6.03 Å². The second-order valence-electron chi connectivity index (χ2n) is 6.31. The summed E-state index contributed by atoms with van der Waals surface area (Å²) in [7, 11) is 1.85. The maximum atomic E-state index is 12.2. The van der Waals surface area contributed by atoms with Gasteiger partial charge in [-0.1, -0.05) is 6.07 Å². The molecule has 1 fully saturated rings. The molecule has 3 rings (SSSR count). The minimum atomic E-state index is -0.428. The molecular weight excluding hydrogens is 310 g/mol. The standard InChI is InChI=1S/C17H23N3O4/c1-11(16(21)19-17(22)18-13-4-5-13)20(2)10-12-3-6-14-15(9-12)24-8-7-23-14/h3,6,9,11,13H,4-5,7-8,10H2,1-2H3,(H2,18,19,21,22)/t11-/m1/s1. The summed E-state index contributed by atoms with van der Waals surface area (Å²) in [6.07, 6.45) is 1.97. The Morgan fingerprint density at radius 2 is 1.96 bits per heavy atom. The quantitative estimate of drug-likeness (QED) is 0.848. The number of carbonyl (C=O) groups excluding carboxylic acids is 2. The number of rotatable bonds is 5. The Balaban J connectivity index is 1.54. The van der Waals surface area contributed by atoms with E-state index >= 15 is 0 Å². The van der Waals surface area contributed by atoms with Crippen LogP contribution >= 0.6 is 0 Å². The number of carbonyl (C=O) groups is 2. The summed E-state index contributed by atoms with van der Waals surface area (Å²) < 4.78 is 11.1. The molecule has 2 aliphatic rings. The molecule has 0 aromatic heterocycles. The van der Waals surface area contributed by atoms with Crippen molar-refractivity contribution in [2.75, 3.05) is 20.3 Å². The third-order valence-corrected chi connectivity index (χ3v) is 4.23. The maximum absolute atomic E-state index is 12.2. The normalized spacial score (nSPS) is 17.3. The largest absolute Gasteiger partial charge is 0.486 e. The smallest absolute Gasteiger partial charge is 0.321 e. The van der Waals surface area contributed by atoms with Crippen LogP contribution in [0.1, 0.15) is 25.3 Å². The number of fused-ring (bicyclic) bond motifs is 1. The first-order valence-electron chi connectivity index (χ1n) is 8.23. The second-order valence-corrected chi connectivity index (χ2v) is 6.31. The number of nitrogens with zero attached hydrogens (tertiary/aromatic N) is 1. The lowest BCUT2D eigenvalue weighted by molar-refractivity contribution is -0.124. The average Bonchev–Trinajstić information content (AvgIpc) is 3.37. The third-order valence-electron chi connectivity index (χ3n) is 4.23. The molecule has 0 saturated heterocycles. The molecule has 0 bridgehead atoms. The van der Waals surface area contributed by atoms with Crippen LogP contribution in [0.2, 0.25) is 0 Å². The monoisotopic (exact) mass is 333 g/mol. The third kappa shape index (κ3) is 4.17. The highest BCUT2D eigenvalue weighted by atomic mass is 16.6. The summed E-state index contributed by atoms with van der Waals surface area (Å²) >= 11 is 0. The number of imide groups is 1. The Hall–Kier alpha value is -2.28. The maximum Gasteiger partial charge on any atom is 0.321 e. The minimum Gasteiger partial charge on any atom is -0.486 e. The molecule has 2 N–H and O–H groups in total. The lowest BCUT2D eigenvalue weighted by Crippen LogP contribution is -2.48. The molecule has 1 aliphatic carbocycles. The predicted molar refractivity (Wildman–Crippen MR) is 88.1 cm³/mol. The van der Waals surface area contributed by atoms with Gasteiger partial charge in [0.15, 0.2) is 11.5 Å². The van der Waals surface area contributed by atoms with Crippen molar-refractivity contribution in [3.05, 3.63) is 23.8 Å². The number of likely N-dealkylation sites (N-methyl/N-ethyl adjacent to an activating group) is 1. The van der Waals surface area contributed by atoms with Gasteiger partial charge < -0.3 is 14.8 Å². The van der Waals surface area contributed by atoms with E-state index in [-0.39, 0.29) is 11.9 Å². The Morgan fingerprint density at radius 1 is 1.25 bits per heavy atom. The Morgan fingerprint density at radius 3 is 2.67 bits per heavy atom. The van der Waals surface area contributed by atoms with Crippen LogP contribution in [-0.4, -0.2) is 49.2 Å². The van der Waals surface area contributed by atoms with Gasteiger partial charge in [-0.15, -0.1) is 0 Å². The van der Waals surface area contributed by atoms with Gasteiger partial charge in [0.05, 0.1) is 6.04 Å². The topological polar surface area (TPSA) is 79.9 Å². The van der Waals surface area contributed by atoms with Crippen molar-refractivity contribution in [3.8, 4) is 11.5 Å². The Labute approximate surface area is 141 Å². The van der Waals surface area contributed by atoms with Gasteiger partial charge in [0.25, 0.3) is 0 Å². The van der Waals surface area contributed by atoms with E-state index < -0.39 is 12.1 Å². The molecule has 0 spiro atoms. The first-order chi connectivity index (χ1) is 11.5. The van der Waals surface area contributed by atoms with E-state index in [1.165, 1.54) is 0 Å². The fourth-order valence-electron chi connectivity index (χ4n) is 2.48. The molecule has 1 aromatic rings. The molecule has 1 aromatic carbocycles. The fraction of sp³-hybridized carbons (Fsp3) is 0.529. The van der Waals surface area contributed by atoms with Crippen LogP contribution in [0.15, 0.2) is 18.2 Å². The molecule has 1 aliphatic heterocycles. The first kappa shape index (κ1) is 16.6. The van der Waals surface area contributed by atoms with Gasteiger partial charge in [0.2, 0.25) is 5.91 Å². The van der Waals surface area contributed by atoms with Crippen molar-refractivity contribution in [3.63, 3.8) is 0 Å². The lowest BCUT2D eigenvalue weighted by Gasteiger charge is -2.25. The molecule has 7 nitrogen and oxygen atoms in total. The highest BCUT2D eigenvalue weighted by Crippen LogP contribution is 2.31. The van der Waals surface area contributed by atoms with Crippen LogP contribution in [0.4, 0.5) is 4.79 Å². The molecule has 3 amide bonds. The number of nitrogens with one attached hydrogen (secondary N) is 2. The molecule has 130 valence electrons. The summed E-state index contributed by atoms with van der Waals surface area (Å²) in [5.74, 6) is 1.16. The molecule has 24 heavy (non-hydrogen) atoms. The van der Waals surface area contributed by atoms with E-state index in [0.717, 1.165) is 29.9 Å². The number of urea groups is 1. The summed E-state index contributed by atoms with van der Waals surface area (Å²) in [6, 6.07) is 5.14. The van der Waals surface area contributed by atoms with Crippen LogP contribution in [0, 0.1) is 0 Å². The van der Waals surface area contributed by atoms with E-state index in [4.69, 9.17) is 9.47 Å². The molecule has 1 saturated carbocycles. The zero-order valence-electron chi connectivity index (χ0n) is 14.0. The molecule has 0 radical (unpaired) electrons. The zero-order valence-corrected chi connectivity index (χ0v) is 14.0. The van der Waals surface area contributed by atoms with Crippen molar-refractivity contribution < 1.29 is 19.1 Å². The Bertz CT molecular complexity index is 630. The van der Waals surface area contributed by atoms with Gasteiger partial charge in [0, 0.05) is 12.6 Å². The molecule has 1 atom stereocenters. The molecular formula is C17H23N3O4. The van der Waals surface area contributed by atoms with Gasteiger partial charge in [-0.3, -0.25) is 15.0 Å². The number of hydrogen-bond donors (Lipinski definition) is 2. The highest BCUT2D eigenvalue weighted by molar-refractivity contribution is 5.96. The number of ether oxygens (including phenoxy) is 2. The van der Waals surface area contributed by atoms with Gasteiger partial charge in [0.1, 0.15) is 13.2 Å². The average molecular weight is 333 g/mol. The summed E-state index contributed by atoms with van der Waals surface area (Å²) in [4.78, 5) is 25.7. The summed E-state index contributed by atoms with van der Waals surface area (Å²) in [6.45, 7) is 3.45. The van der Waals surface area contributed by atoms with Gasteiger partial charge in [-0.2, -0.15) is 0 Å². The second kappa shape index (κ2) is 7.09. The zero-order chi connectivity index (χ0) is 17.1. The molecule has 1 heterocycles. The first-order valence-corrected chi connectivity index (χ1v) is 8.23. The number of benzene rings is 1. The number of hydrogen-bond acceptors (Lipinski definition) is 5. The van der Waals surface area contributed by atoms with Crippen molar-refractivity contribution >= 4 is 11.9 Å². The van der Waals surface area contributed by atoms with E-state index in [1.54, 1.807) is 6.92 Å². The Kier molecular flexibility index (Phi) is 4.89. The van der Waals surface area contributed by atoms with Gasteiger partial charge in [-0.25, -0.2) is 4.79 Å². The summed E-state index contributed by atoms with van der Waals surface area (Å²) in [5.41, 5.74) is 1.02. The van der Waals surface area contributed by atoms with Gasteiger partial charge in [-0.05, 0) is 44.5 Å². The summed E-state index contributed by atoms with van der Waals surface area (Å²) in [5, 5.41) is 5.13. The van der Waals surface area contributed by atoms with Crippen molar-refractivity contribution in [1.82, 2.24) is 15.5 Å². The van der Waals surface area contributed by atoms with Crippen molar-refractivity contribution in [2.45, 2.75) is 38.4 Å². The van der Waals surface area contributed by atoms with Crippen molar-refractivity contribution in [2.24, 2.45) is 0 Å². The van der Waals surface area contributed by atoms with E-state index in [9.17, 15) is 9.59 Å². The fourth-order valence-corrected chi connectivity index (χ4v) is 2.48. The van der Waals surface area contributed by atoms with Crippen LogP contribution in [0.5, 0.6) is 11.5 Å². The SMILES string of the molecule is C[C@H](C(=O)NC(=O)NC1CC1)N(C)Cc1ccc2c(c1)OCCO2. The predicted octanol–water partition coefficient (Wildman–Crippen LogP) is 1.27. The molecule has 7 heteroatoms. The van der Waals surface area contributed by atoms with Crippen LogP contribution in [0.3, 0.4) is 0 Å². The van der Waals surface area contributed by atoms with E-state index in [0.29, 0.717) is 19.8 Å². The van der Waals surface area contributed by atoms with Crippen LogP contribution in [-0.2, 0) is 11.3 Å². The minimum absolute atomic E-state index is 0.226. The van der Waals surface area contributed by atoms with Crippen molar-refractivity contribution in [1.29, 1.82) is 0 Å². The lowest BCUT2D eigenvalue weighted by atomic mass is 10.1. The van der Waals surface area contributed by atoms with Crippen LogP contribution in [0.25, 0.3) is 0 Å². The van der Waals surface area contributed by atoms with Crippen LogP contribution < -0.4 is 20.1 Å². The van der Waals surface area contributed by atoms with E-state index in [1.807, 2.05) is 30.1 Å². The van der Waals surface area contributed by atoms with E-state index in [2.05, 4.69) is 10.6 Å². The highest BCUT2D eigenvalue weighted by Gasteiger charge is 2.26. The number of amides is 3.